The Kier molecular flexibility index (Phi) is 30.2. The first-order valence-corrected chi connectivity index (χ1v) is 2.23. The number of hydrogen-bond donors (Lipinski definition) is 4. The maximum atomic E-state index is 9.10. The van der Waals surface area contributed by atoms with E-state index in [4.69, 9.17) is 44.7 Å². The van der Waals surface area contributed by atoms with E-state index in [1.807, 2.05) is 0 Å². The second kappa shape index (κ2) is 18.2. The Morgan fingerprint density at radius 3 is 1.07 bits per heavy atom. The quantitative estimate of drug-likeness (QED) is 0.182. The summed E-state index contributed by atoms with van der Waals surface area (Å²) >= 11 is 0. The van der Waals surface area contributed by atoms with Crippen molar-refractivity contribution in [3.8, 4) is 0 Å². The summed E-state index contributed by atoms with van der Waals surface area (Å²) in [4.78, 5) is 35.0. The van der Waals surface area contributed by atoms with Gasteiger partial charge in [-0.3, -0.25) is 4.79 Å². The fourth-order valence-corrected chi connectivity index (χ4v) is 0. The van der Waals surface area contributed by atoms with Gasteiger partial charge in [-0.25, -0.2) is 9.59 Å². The zero-order chi connectivity index (χ0) is 11.4. The topological polar surface area (TPSA) is 172 Å². The largest absolute Gasteiger partial charge is 1.00 e. The van der Waals surface area contributed by atoms with Crippen LogP contribution in [0.3, 0.4) is 0 Å². The van der Waals surface area contributed by atoms with E-state index in [-0.39, 0.29) is 57.9 Å². The molecule has 0 radical (unpaired) electrons. The SMILES string of the molecule is O=C(O)C(=O)O.O=C([O-])O.O=CO.[K+]. The third-order valence-corrected chi connectivity index (χ3v) is 0.183. The van der Waals surface area contributed by atoms with Gasteiger partial charge in [0.05, 0.1) is 0 Å². The Bertz CT molecular complexity index is 171. The Labute approximate surface area is 119 Å². The molecule has 0 saturated heterocycles. The third kappa shape index (κ3) is 110. The fourth-order valence-electron chi connectivity index (χ4n) is 0. The van der Waals surface area contributed by atoms with Gasteiger partial charge in [0.25, 0.3) is 6.47 Å². The van der Waals surface area contributed by atoms with Gasteiger partial charge in [0.1, 0.15) is 0 Å². The van der Waals surface area contributed by atoms with Crippen LogP contribution in [-0.2, 0) is 14.4 Å². The van der Waals surface area contributed by atoms with E-state index in [9.17, 15) is 0 Å². The molecule has 0 aromatic rings. The van der Waals surface area contributed by atoms with Crippen LogP contribution in [0, 0.1) is 0 Å². The number of carbonyl (C=O) groups is 4. The van der Waals surface area contributed by atoms with E-state index >= 15 is 0 Å². The van der Waals surface area contributed by atoms with Gasteiger partial charge in [-0.15, -0.1) is 0 Å². The Balaban J connectivity index is -0.0000000553. The number of carboxylic acid groups (broad SMARTS) is 5. The molecule has 0 heterocycles. The molecule has 0 atom stereocenters. The molecule has 0 fully saturated rings. The molecule has 0 spiro atoms. The molecular formula is C4H5KO9. The molecule has 10 heteroatoms. The zero-order valence-corrected chi connectivity index (χ0v) is 10.0. The minimum Gasteiger partial charge on any atom is -0.565 e. The molecule has 0 aliphatic heterocycles. The van der Waals surface area contributed by atoms with Gasteiger partial charge in [-0.1, -0.05) is 0 Å². The van der Waals surface area contributed by atoms with Crippen LogP contribution in [0.5, 0.6) is 0 Å². The standard InChI is InChI=1S/C2H2O4.CH2O3.CH2O2.K/c3-1(4)2(5)6;2-1(3)4;2-1-3;/h(H,3,4)(H,5,6);(H2,2,3,4);1H,(H,2,3);/q;;;+1/p-1. The molecule has 76 valence electrons. The molecule has 0 unspecified atom stereocenters. The number of hydrogen-bond acceptors (Lipinski definition) is 5. The second-order valence-electron chi connectivity index (χ2n) is 0.982. The van der Waals surface area contributed by atoms with Crippen LogP contribution in [0.2, 0.25) is 0 Å². The van der Waals surface area contributed by atoms with E-state index in [1.165, 1.54) is 0 Å². The van der Waals surface area contributed by atoms with Gasteiger partial charge in [-0.2, -0.15) is 0 Å². The third-order valence-electron chi connectivity index (χ3n) is 0.183. The number of rotatable bonds is 0. The molecule has 0 aliphatic rings. The average molecular weight is 236 g/mol. The number of aliphatic carboxylic acids is 2. The molecule has 4 N–H and O–H groups in total. The predicted molar refractivity (Wildman–Crippen MR) is 32.0 cm³/mol. The van der Waals surface area contributed by atoms with Crippen molar-refractivity contribution < 1.29 is 96.1 Å². The molecular weight excluding hydrogens is 231 g/mol. The van der Waals surface area contributed by atoms with Gasteiger partial charge < -0.3 is 30.3 Å². The first kappa shape index (κ1) is 23.3. The summed E-state index contributed by atoms with van der Waals surface area (Å²) in [5.41, 5.74) is 0. The molecule has 0 aliphatic carbocycles. The molecule has 0 saturated carbocycles. The van der Waals surface area contributed by atoms with Crippen LogP contribution in [0.15, 0.2) is 0 Å². The van der Waals surface area contributed by atoms with E-state index in [1.54, 1.807) is 0 Å². The van der Waals surface area contributed by atoms with Crippen LogP contribution >= 0.6 is 0 Å². The van der Waals surface area contributed by atoms with Crippen molar-refractivity contribution in [2.24, 2.45) is 0 Å². The molecule has 0 aromatic carbocycles. The maximum absolute atomic E-state index is 9.10. The first-order chi connectivity index (χ1) is 5.79. The van der Waals surface area contributed by atoms with Crippen molar-refractivity contribution in [1.82, 2.24) is 0 Å². The van der Waals surface area contributed by atoms with Crippen molar-refractivity contribution in [1.29, 1.82) is 0 Å². The molecule has 0 rings (SSSR count). The molecule has 0 bridgehead atoms. The monoisotopic (exact) mass is 236 g/mol. The van der Waals surface area contributed by atoms with Gasteiger partial charge in [-0.05, 0) is 0 Å². The van der Waals surface area contributed by atoms with E-state index in [2.05, 4.69) is 0 Å². The average Bonchev–Trinajstić information content (AvgIpc) is 1.87. The second-order valence-corrected chi connectivity index (χ2v) is 0.982. The Hall–Kier alpha value is -0.684. The van der Waals surface area contributed by atoms with Gasteiger partial charge in [0.15, 0.2) is 0 Å². The fraction of sp³-hybridized carbons (Fsp3) is 0. The van der Waals surface area contributed by atoms with Crippen molar-refractivity contribution >= 4 is 24.6 Å². The first-order valence-electron chi connectivity index (χ1n) is 2.23. The van der Waals surface area contributed by atoms with Gasteiger partial charge in [0, 0.05) is 0 Å². The summed E-state index contributed by atoms with van der Waals surface area (Å²) < 4.78 is 0. The smallest absolute Gasteiger partial charge is 0.565 e. The molecule has 14 heavy (non-hydrogen) atoms. The molecule has 0 aromatic heterocycles. The number of carboxylic acids is 2. The van der Waals surface area contributed by atoms with Crippen molar-refractivity contribution in [3.63, 3.8) is 0 Å². The van der Waals surface area contributed by atoms with Crippen molar-refractivity contribution in [2.45, 2.75) is 0 Å². The van der Waals surface area contributed by atoms with E-state index in [0.717, 1.165) is 0 Å². The Morgan fingerprint density at radius 2 is 1.07 bits per heavy atom. The van der Waals surface area contributed by atoms with E-state index < -0.39 is 18.1 Å². The van der Waals surface area contributed by atoms with Crippen LogP contribution in [0.1, 0.15) is 0 Å². The summed E-state index contributed by atoms with van der Waals surface area (Å²) in [6.45, 7) is -0.250. The van der Waals surface area contributed by atoms with Crippen LogP contribution < -0.4 is 56.5 Å². The summed E-state index contributed by atoms with van der Waals surface area (Å²) in [6.07, 6.45) is -2.08. The molecule has 0 amide bonds. The summed E-state index contributed by atoms with van der Waals surface area (Å²) in [6, 6.07) is 0. The predicted octanol–water partition coefficient (Wildman–Crippen LogP) is -5.25. The summed E-state index contributed by atoms with van der Waals surface area (Å²) in [5, 5.41) is 37.0. The van der Waals surface area contributed by atoms with Crippen LogP contribution in [0.4, 0.5) is 4.79 Å². The van der Waals surface area contributed by atoms with Crippen LogP contribution in [0.25, 0.3) is 0 Å². The van der Waals surface area contributed by atoms with Crippen molar-refractivity contribution in [2.75, 3.05) is 0 Å². The molecule has 9 nitrogen and oxygen atoms in total. The van der Waals surface area contributed by atoms with Crippen molar-refractivity contribution in [3.05, 3.63) is 0 Å². The minimum absolute atomic E-state index is 0. The van der Waals surface area contributed by atoms with Gasteiger partial charge in [0.2, 0.25) is 6.16 Å². The summed E-state index contributed by atoms with van der Waals surface area (Å²) in [5.74, 6) is -3.65. The normalized spacial score (nSPS) is 5.71. The summed E-state index contributed by atoms with van der Waals surface area (Å²) in [7, 11) is 0. The van der Waals surface area contributed by atoms with Gasteiger partial charge >= 0.3 is 63.3 Å². The zero-order valence-electron chi connectivity index (χ0n) is 6.91. The Morgan fingerprint density at radius 1 is 1.00 bits per heavy atom. The van der Waals surface area contributed by atoms with Crippen LogP contribution in [-0.4, -0.2) is 45.0 Å². The minimum atomic E-state index is -2.08. The maximum Gasteiger partial charge on any atom is 1.00 e. The van der Waals surface area contributed by atoms with E-state index in [0.29, 0.717) is 0 Å².